The molecular weight excluding hydrogens is 467 g/mol. The maximum absolute atomic E-state index is 10.7. The molecule has 1 aliphatic heterocycles. The molecule has 7 heteroatoms. The summed E-state index contributed by atoms with van der Waals surface area (Å²) in [6, 6.07) is 10.6. The molecule has 2 rings (SSSR count). The lowest BCUT2D eigenvalue weighted by atomic mass is 9.97. The number of nitrogens with zero attached hydrogens (tertiary/aromatic N) is 2. The van der Waals surface area contributed by atoms with Crippen LogP contribution in [0.1, 0.15) is 38.7 Å². The first-order valence-corrected chi connectivity index (χ1v) is 10.1. The minimum atomic E-state index is -0.858. The average molecular weight is 504 g/mol. The van der Waals surface area contributed by atoms with Crippen LogP contribution in [0.4, 0.5) is 0 Å². The molecule has 0 bridgehead atoms. The third-order valence-corrected chi connectivity index (χ3v) is 4.87. The number of guanidine groups is 1. The van der Waals surface area contributed by atoms with Crippen molar-refractivity contribution in [1.82, 2.24) is 15.5 Å². The number of morpholine rings is 1. The zero-order valence-electron chi connectivity index (χ0n) is 17.5. The minimum Gasteiger partial charge on any atom is -0.387 e. The quantitative estimate of drug-likeness (QED) is 0.274. The van der Waals surface area contributed by atoms with E-state index < -0.39 is 5.60 Å². The van der Waals surface area contributed by atoms with Gasteiger partial charge in [-0.3, -0.25) is 9.89 Å². The molecule has 1 aliphatic rings. The minimum absolute atomic E-state index is 0. The summed E-state index contributed by atoms with van der Waals surface area (Å²) in [5.74, 6) is 1.19. The Morgan fingerprint density at radius 3 is 2.50 bits per heavy atom. The van der Waals surface area contributed by atoms with Crippen LogP contribution in [-0.4, -0.2) is 74.0 Å². The van der Waals surface area contributed by atoms with E-state index >= 15 is 0 Å². The lowest BCUT2D eigenvalue weighted by Crippen LogP contribution is -2.48. The van der Waals surface area contributed by atoms with Gasteiger partial charge in [0.25, 0.3) is 0 Å². The molecule has 0 radical (unpaired) electrons. The second kappa shape index (κ2) is 13.3. The van der Waals surface area contributed by atoms with Crippen molar-refractivity contribution in [1.29, 1.82) is 0 Å². The number of benzene rings is 1. The first kappa shape index (κ1) is 25.1. The Kier molecular flexibility index (Phi) is 12.0. The van der Waals surface area contributed by atoms with Gasteiger partial charge in [0.05, 0.1) is 25.4 Å². The molecule has 28 heavy (non-hydrogen) atoms. The van der Waals surface area contributed by atoms with Crippen molar-refractivity contribution < 1.29 is 9.84 Å². The predicted molar refractivity (Wildman–Crippen MR) is 127 cm³/mol. The largest absolute Gasteiger partial charge is 0.387 e. The Balaban J connectivity index is 0.00000392. The Bertz CT molecular complexity index is 563. The topological polar surface area (TPSA) is 69.1 Å². The summed E-state index contributed by atoms with van der Waals surface area (Å²) in [5.41, 5.74) is 0.478. The lowest BCUT2D eigenvalue weighted by molar-refractivity contribution is -0.0179. The van der Waals surface area contributed by atoms with Gasteiger partial charge in [-0.2, -0.15) is 0 Å². The Hall–Kier alpha value is -0.900. The van der Waals surface area contributed by atoms with Gasteiger partial charge in [-0.1, -0.05) is 37.3 Å². The summed E-state index contributed by atoms with van der Waals surface area (Å²) in [5, 5.41) is 17.5. The van der Waals surface area contributed by atoms with E-state index in [1.807, 2.05) is 13.0 Å². The fraction of sp³-hybridized carbons (Fsp3) is 0.667. The Labute approximate surface area is 187 Å². The van der Waals surface area contributed by atoms with Crippen molar-refractivity contribution in [2.24, 2.45) is 4.99 Å². The van der Waals surface area contributed by atoms with E-state index in [0.717, 1.165) is 51.8 Å². The highest BCUT2D eigenvalue weighted by Crippen LogP contribution is 2.18. The van der Waals surface area contributed by atoms with Crippen LogP contribution >= 0.6 is 24.0 Å². The SMILES string of the molecule is CCNC(=NCC(C)(O)CN1CCOCC1)NCC(CC)c1ccccc1.I. The number of hydrogen-bond donors (Lipinski definition) is 3. The fourth-order valence-corrected chi connectivity index (χ4v) is 3.33. The molecule has 0 amide bonds. The van der Waals surface area contributed by atoms with E-state index in [1.165, 1.54) is 5.56 Å². The number of rotatable bonds is 9. The molecular formula is C21H37IN4O2. The molecule has 0 aromatic heterocycles. The molecule has 6 nitrogen and oxygen atoms in total. The zero-order chi connectivity index (χ0) is 19.5. The number of aliphatic imine (C=N–C) groups is 1. The molecule has 3 N–H and O–H groups in total. The van der Waals surface area contributed by atoms with Gasteiger partial charge in [-0.25, -0.2) is 0 Å². The summed E-state index contributed by atoms with van der Waals surface area (Å²) in [7, 11) is 0. The molecule has 0 spiro atoms. The van der Waals surface area contributed by atoms with Crippen molar-refractivity contribution in [3.63, 3.8) is 0 Å². The molecule has 1 aromatic rings. The standard InChI is InChI=1S/C21H36N4O2.HI/c1-4-18(19-9-7-6-8-10-19)15-23-20(22-5-2)24-16-21(3,26)17-25-11-13-27-14-12-25;/h6-10,18,26H,4-5,11-17H2,1-3H3,(H2,22,23,24);1H. The normalized spacial score (nSPS) is 18.6. The van der Waals surface area contributed by atoms with Crippen LogP contribution in [0.25, 0.3) is 0 Å². The highest BCUT2D eigenvalue weighted by Gasteiger charge is 2.25. The van der Waals surface area contributed by atoms with Crippen LogP contribution in [0.15, 0.2) is 35.3 Å². The highest BCUT2D eigenvalue weighted by molar-refractivity contribution is 14.0. The third-order valence-electron chi connectivity index (χ3n) is 4.87. The van der Waals surface area contributed by atoms with Crippen molar-refractivity contribution in [3.05, 3.63) is 35.9 Å². The molecule has 2 unspecified atom stereocenters. The molecule has 1 heterocycles. The Morgan fingerprint density at radius 2 is 1.89 bits per heavy atom. The van der Waals surface area contributed by atoms with Crippen molar-refractivity contribution in [2.75, 3.05) is 52.5 Å². The number of aliphatic hydroxyl groups is 1. The average Bonchev–Trinajstić information content (AvgIpc) is 2.68. The maximum Gasteiger partial charge on any atom is 0.191 e. The first-order valence-electron chi connectivity index (χ1n) is 10.1. The smallest absolute Gasteiger partial charge is 0.191 e. The summed E-state index contributed by atoms with van der Waals surface area (Å²) in [6.07, 6.45) is 1.06. The van der Waals surface area contributed by atoms with Crippen LogP contribution in [0.2, 0.25) is 0 Å². The van der Waals surface area contributed by atoms with E-state index in [0.29, 0.717) is 19.0 Å². The van der Waals surface area contributed by atoms with E-state index in [9.17, 15) is 5.11 Å². The Morgan fingerprint density at radius 1 is 1.21 bits per heavy atom. The summed E-state index contributed by atoms with van der Waals surface area (Å²) in [6.45, 7) is 11.9. The van der Waals surface area contributed by atoms with Gasteiger partial charge in [0.2, 0.25) is 0 Å². The summed E-state index contributed by atoms with van der Waals surface area (Å²) < 4.78 is 5.37. The number of β-amino-alcohol motifs (C(OH)–C–C–N with tert-alkyl or cyclic N) is 1. The summed E-state index contributed by atoms with van der Waals surface area (Å²) in [4.78, 5) is 6.88. The number of halogens is 1. The van der Waals surface area contributed by atoms with Crippen molar-refractivity contribution in [2.45, 2.75) is 38.7 Å². The molecule has 0 aliphatic carbocycles. The molecule has 0 saturated carbocycles. The van der Waals surface area contributed by atoms with Crippen LogP contribution < -0.4 is 10.6 Å². The monoisotopic (exact) mass is 504 g/mol. The van der Waals surface area contributed by atoms with Gasteiger partial charge >= 0.3 is 0 Å². The highest BCUT2D eigenvalue weighted by atomic mass is 127. The molecule has 1 aromatic carbocycles. The van der Waals surface area contributed by atoms with Gasteiger partial charge in [0.15, 0.2) is 5.96 Å². The maximum atomic E-state index is 10.7. The van der Waals surface area contributed by atoms with E-state index in [2.05, 4.69) is 58.6 Å². The lowest BCUT2D eigenvalue weighted by Gasteiger charge is -2.33. The molecule has 2 atom stereocenters. The van der Waals surface area contributed by atoms with Gasteiger partial charge in [-0.05, 0) is 25.8 Å². The number of ether oxygens (including phenoxy) is 1. The van der Waals surface area contributed by atoms with Crippen LogP contribution in [0.3, 0.4) is 0 Å². The van der Waals surface area contributed by atoms with Crippen LogP contribution in [-0.2, 0) is 4.74 Å². The number of hydrogen-bond acceptors (Lipinski definition) is 4. The fourth-order valence-electron chi connectivity index (χ4n) is 3.33. The van der Waals surface area contributed by atoms with E-state index in [1.54, 1.807) is 0 Å². The summed E-state index contributed by atoms with van der Waals surface area (Å²) >= 11 is 0. The number of nitrogens with one attached hydrogen (secondary N) is 2. The van der Waals surface area contributed by atoms with Gasteiger partial charge in [-0.15, -0.1) is 24.0 Å². The molecule has 1 saturated heterocycles. The van der Waals surface area contributed by atoms with Gasteiger partial charge < -0.3 is 20.5 Å². The van der Waals surface area contributed by atoms with Gasteiger partial charge in [0, 0.05) is 38.6 Å². The predicted octanol–water partition coefficient (Wildman–Crippen LogP) is 2.44. The second-order valence-electron chi connectivity index (χ2n) is 7.48. The molecule has 160 valence electrons. The van der Waals surface area contributed by atoms with E-state index in [4.69, 9.17) is 4.74 Å². The third kappa shape index (κ3) is 9.07. The van der Waals surface area contributed by atoms with Gasteiger partial charge in [0.1, 0.15) is 0 Å². The second-order valence-corrected chi connectivity index (χ2v) is 7.48. The van der Waals surface area contributed by atoms with Crippen molar-refractivity contribution >= 4 is 29.9 Å². The van der Waals surface area contributed by atoms with Crippen molar-refractivity contribution in [3.8, 4) is 0 Å². The first-order chi connectivity index (χ1) is 13.0. The molecule has 1 fully saturated rings. The van der Waals surface area contributed by atoms with E-state index in [-0.39, 0.29) is 24.0 Å². The zero-order valence-corrected chi connectivity index (χ0v) is 19.8. The van der Waals surface area contributed by atoms with Crippen LogP contribution in [0.5, 0.6) is 0 Å². The van der Waals surface area contributed by atoms with Crippen LogP contribution in [0, 0.1) is 0 Å².